The normalized spacial score (nSPS) is 29.6. The van der Waals surface area contributed by atoms with Crippen molar-refractivity contribution in [2.24, 2.45) is 5.92 Å². The second-order valence-corrected chi connectivity index (χ2v) is 17.5. The van der Waals surface area contributed by atoms with E-state index in [0.29, 0.717) is 56.5 Å². The van der Waals surface area contributed by atoms with Crippen LogP contribution in [0.5, 0.6) is 0 Å². The van der Waals surface area contributed by atoms with Crippen molar-refractivity contribution in [1.29, 1.82) is 0 Å². The van der Waals surface area contributed by atoms with Gasteiger partial charge < -0.3 is 29.9 Å². The summed E-state index contributed by atoms with van der Waals surface area (Å²) in [6.07, 6.45) is 11.0. The molecule has 1 amide bonds. The minimum absolute atomic E-state index is 0.00418. The third kappa shape index (κ3) is 7.72. The molecule has 1 unspecified atom stereocenters. The maximum Gasteiger partial charge on any atom is 0.246 e. The average molecular weight is 737 g/mol. The van der Waals surface area contributed by atoms with Crippen molar-refractivity contribution in [3.63, 3.8) is 0 Å². The van der Waals surface area contributed by atoms with Crippen LogP contribution in [0.15, 0.2) is 43.4 Å². The van der Waals surface area contributed by atoms with Crippen LogP contribution in [0.4, 0.5) is 27.8 Å². The molecule has 7 rings (SSSR count). The summed E-state index contributed by atoms with van der Waals surface area (Å²) in [5.41, 5.74) is 0.237. The van der Waals surface area contributed by atoms with Gasteiger partial charge in [0.1, 0.15) is 33.5 Å². The molecule has 0 spiro atoms. The predicted molar refractivity (Wildman–Crippen MR) is 198 cm³/mol. The summed E-state index contributed by atoms with van der Waals surface area (Å²) in [6, 6.07) is 3.47. The zero-order valence-corrected chi connectivity index (χ0v) is 30.9. The Morgan fingerprint density at radius 2 is 1.90 bits per heavy atom. The van der Waals surface area contributed by atoms with E-state index >= 15 is 4.39 Å². The lowest BCUT2D eigenvalue weighted by atomic mass is 9.85. The van der Waals surface area contributed by atoms with E-state index in [0.717, 1.165) is 47.8 Å². The molecule has 2 N–H and O–H groups in total. The number of carbonyl (C=O) groups is 1. The molecule has 1 saturated carbocycles. The second-order valence-electron chi connectivity index (χ2n) is 15.3. The molecule has 4 fully saturated rings. The van der Waals surface area contributed by atoms with Crippen LogP contribution in [-0.2, 0) is 19.4 Å². The molecule has 0 radical (unpaired) electrons. The van der Waals surface area contributed by atoms with Crippen LogP contribution in [0.3, 0.4) is 0 Å². The highest BCUT2D eigenvalue weighted by Gasteiger charge is 2.40. The summed E-state index contributed by atoms with van der Waals surface area (Å²) >= 11 is 0. The highest BCUT2D eigenvalue weighted by Crippen LogP contribution is 2.41. The Morgan fingerprint density at radius 1 is 1.12 bits per heavy atom. The number of anilines is 4. The van der Waals surface area contributed by atoms with Crippen LogP contribution in [0.1, 0.15) is 70.4 Å². The number of ether oxygens (including phenoxy) is 1. The number of halogens is 1. The van der Waals surface area contributed by atoms with Crippen molar-refractivity contribution in [1.82, 2.24) is 24.8 Å². The molecule has 0 aromatic carbocycles. The van der Waals surface area contributed by atoms with Gasteiger partial charge in [-0.2, -0.15) is 4.98 Å². The number of aromatic nitrogens is 4. The number of likely N-dealkylation sites (tertiary alicyclic amines) is 1. The predicted octanol–water partition coefficient (Wildman–Crippen LogP) is 4.51. The standard InChI is InChI=1S/C37H49FN8O5S/c1-5-34(47)45-15-6-7-30(45)27-18-41-35(46-20-24(23(46)2)22-52(4,49)50)28-19-40-33(17-26(27)28)42-32-10-14-39-36(43-32)44-16-11-31(29(38)21-44)51-25-8-12-37(3,48)13-9-25/h5,10,14,17-19,23-25,29-31,48H,1,6-9,11-13,15-16,20-22H2,2-4H3,(H,39,40,42,43)/t23-,24-,25?,29+,30?,31-,37?/m1/s1. The van der Waals surface area contributed by atoms with E-state index in [1.807, 2.05) is 35.9 Å². The first kappa shape index (κ1) is 36.4. The average Bonchev–Trinajstić information content (AvgIpc) is 3.60. The van der Waals surface area contributed by atoms with Gasteiger partial charge in [-0.25, -0.2) is 27.8 Å². The van der Waals surface area contributed by atoms with Crippen LogP contribution < -0.4 is 15.1 Å². The summed E-state index contributed by atoms with van der Waals surface area (Å²) in [7, 11) is -3.12. The lowest BCUT2D eigenvalue weighted by Crippen LogP contribution is -2.57. The minimum Gasteiger partial charge on any atom is -0.390 e. The van der Waals surface area contributed by atoms with Crippen molar-refractivity contribution in [3.8, 4) is 0 Å². The molecule has 15 heteroatoms. The Bertz CT molecular complexity index is 1920. The molecule has 280 valence electrons. The van der Waals surface area contributed by atoms with Crippen molar-refractivity contribution in [2.45, 2.75) is 94.9 Å². The number of sulfone groups is 1. The number of rotatable bonds is 10. The Morgan fingerprint density at radius 3 is 2.62 bits per heavy atom. The number of carbonyl (C=O) groups excluding carboxylic acids is 1. The summed E-state index contributed by atoms with van der Waals surface area (Å²) in [5, 5.41) is 15.3. The van der Waals surface area contributed by atoms with Crippen LogP contribution in [0.2, 0.25) is 0 Å². The Balaban J connectivity index is 1.11. The van der Waals surface area contributed by atoms with Gasteiger partial charge in [-0.15, -0.1) is 0 Å². The molecule has 0 bridgehead atoms. The zero-order valence-electron chi connectivity index (χ0n) is 30.1. The van der Waals surface area contributed by atoms with Crippen molar-refractivity contribution >= 4 is 49.9 Å². The first-order valence-electron chi connectivity index (χ1n) is 18.3. The van der Waals surface area contributed by atoms with Gasteiger partial charge >= 0.3 is 0 Å². The van der Waals surface area contributed by atoms with Crippen molar-refractivity contribution in [3.05, 3.63) is 48.9 Å². The molecule has 6 heterocycles. The number of hydrogen-bond donors (Lipinski definition) is 2. The van der Waals surface area contributed by atoms with Crippen LogP contribution in [0, 0.1) is 5.92 Å². The largest absolute Gasteiger partial charge is 0.390 e. The molecule has 3 aliphatic heterocycles. The number of piperidine rings is 1. The molecule has 52 heavy (non-hydrogen) atoms. The van der Waals surface area contributed by atoms with Crippen molar-refractivity contribution in [2.75, 3.05) is 53.3 Å². The maximum absolute atomic E-state index is 15.4. The molecular weight excluding hydrogens is 688 g/mol. The van der Waals surface area contributed by atoms with Crippen LogP contribution >= 0.6 is 0 Å². The number of alkyl halides is 1. The summed E-state index contributed by atoms with van der Waals surface area (Å²) in [4.78, 5) is 37.4. The number of pyridine rings is 2. The van der Waals surface area contributed by atoms with Crippen molar-refractivity contribution < 1.29 is 27.4 Å². The molecule has 3 saturated heterocycles. The van der Waals surface area contributed by atoms with E-state index in [-0.39, 0.29) is 42.3 Å². The van der Waals surface area contributed by atoms with Crippen LogP contribution in [0.25, 0.3) is 10.8 Å². The molecule has 5 atom stereocenters. The fourth-order valence-electron chi connectivity index (χ4n) is 8.24. The van der Waals surface area contributed by atoms with Gasteiger partial charge in [0.05, 0.1) is 36.1 Å². The monoisotopic (exact) mass is 736 g/mol. The summed E-state index contributed by atoms with van der Waals surface area (Å²) < 4.78 is 45.6. The van der Waals surface area contributed by atoms with E-state index in [2.05, 4.69) is 21.8 Å². The number of nitrogens with one attached hydrogen (secondary N) is 1. The molecule has 3 aromatic rings. The van der Waals surface area contributed by atoms with E-state index < -0.39 is 27.7 Å². The van der Waals surface area contributed by atoms with Crippen LogP contribution in [-0.4, -0.2) is 112 Å². The van der Waals surface area contributed by atoms with Gasteiger partial charge in [-0.1, -0.05) is 6.58 Å². The summed E-state index contributed by atoms with van der Waals surface area (Å²) in [5.74, 6) is 2.16. The summed E-state index contributed by atoms with van der Waals surface area (Å²) in [6.45, 7) is 9.42. The first-order valence-corrected chi connectivity index (χ1v) is 20.4. The highest BCUT2D eigenvalue weighted by molar-refractivity contribution is 7.90. The van der Waals surface area contributed by atoms with E-state index in [1.54, 1.807) is 18.5 Å². The molecule has 13 nitrogen and oxygen atoms in total. The van der Waals surface area contributed by atoms with Gasteiger partial charge in [-0.05, 0) is 82.4 Å². The van der Waals surface area contributed by atoms with E-state index in [1.165, 1.54) is 12.3 Å². The molecule has 4 aliphatic rings. The van der Waals surface area contributed by atoms with Gasteiger partial charge in [0.15, 0.2) is 0 Å². The number of hydrogen-bond acceptors (Lipinski definition) is 12. The second kappa shape index (κ2) is 14.5. The fourth-order valence-corrected chi connectivity index (χ4v) is 9.40. The Hall–Kier alpha value is -3.95. The van der Waals surface area contributed by atoms with Gasteiger partial charge in [0.2, 0.25) is 11.9 Å². The lowest BCUT2D eigenvalue weighted by molar-refractivity contribution is -0.126. The fraction of sp³-hybridized carbons (Fsp3) is 0.595. The third-order valence-corrected chi connectivity index (χ3v) is 12.3. The number of fused-ring (bicyclic) bond motifs is 1. The van der Waals surface area contributed by atoms with Gasteiger partial charge in [0.25, 0.3) is 0 Å². The molecular formula is C37H49FN8O5S. The molecule has 3 aromatic heterocycles. The first-order chi connectivity index (χ1) is 24.8. The van der Waals surface area contributed by atoms with Gasteiger partial charge in [-0.3, -0.25) is 4.79 Å². The number of amides is 1. The highest BCUT2D eigenvalue weighted by atomic mass is 32.2. The molecule has 1 aliphatic carbocycles. The smallest absolute Gasteiger partial charge is 0.246 e. The lowest BCUT2D eigenvalue weighted by Gasteiger charge is -2.47. The Kier molecular flexibility index (Phi) is 10.1. The Labute approximate surface area is 304 Å². The minimum atomic E-state index is -3.12. The third-order valence-electron chi connectivity index (χ3n) is 11.3. The van der Waals surface area contributed by atoms with Gasteiger partial charge in [0, 0.05) is 67.4 Å². The SMILES string of the molecule is C=CC(=O)N1CCCC1c1cnc(N2C[C@H](CS(C)(=O)=O)[C@H]2C)c2cnc(Nc3ccnc(N4CC[C@@H](OC5CCC(C)(O)CC5)[C@@H](F)C4)n3)cc12. The zero-order chi connectivity index (χ0) is 36.8. The quantitative estimate of drug-likeness (QED) is 0.282. The van der Waals surface area contributed by atoms with E-state index in [9.17, 15) is 18.3 Å². The topological polar surface area (TPSA) is 154 Å². The number of nitrogens with zero attached hydrogens (tertiary/aromatic N) is 7. The number of aliphatic hydroxyl groups is 1. The van der Waals surface area contributed by atoms with E-state index in [4.69, 9.17) is 19.7 Å². The maximum atomic E-state index is 15.4.